The van der Waals surface area contributed by atoms with Gasteiger partial charge in [0.2, 0.25) is 12.0 Å². The highest BCUT2D eigenvalue weighted by molar-refractivity contribution is 7.98. The van der Waals surface area contributed by atoms with Crippen molar-refractivity contribution in [2.24, 2.45) is 0 Å². The van der Waals surface area contributed by atoms with Crippen LogP contribution in [0.3, 0.4) is 0 Å². The molecule has 2 fully saturated rings. The first-order chi connectivity index (χ1) is 15.0. The first-order valence-corrected chi connectivity index (χ1v) is 10.9. The van der Waals surface area contributed by atoms with Crippen LogP contribution in [0.2, 0.25) is 5.15 Å². The van der Waals surface area contributed by atoms with Gasteiger partial charge in [-0.25, -0.2) is 14.2 Å². The Bertz CT molecular complexity index is 1130. The van der Waals surface area contributed by atoms with Crippen LogP contribution in [-0.2, 0) is 0 Å². The summed E-state index contributed by atoms with van der Waals surface area (Å²) in [5, 5.41) is 10.7. The number of nitrogens with zero attached hydrogens (tertiary/aromatic N) is 3. The highest BCUT2D eigenvalue weighted by Gasteiger charge is 2.56. The normalized spacial score (nSPS) is 24.1. The van der Waals surface area contributed by atoms with Crippen molar-refractivity contribution < 1.29 is 32.2 Å². The molecule has 2 saturated heterocycles. The molecule has 15 heteroatoms. The van der Waals surface area contributed by atoms with E-state index in [9.17, 15) is 32.3 Å². The number of thioether (sulfide) groups is 1. The van der Waals surface area contributed by atoms with Gasteiger partial charge in [-0.05, 0) is 19.1 Å². The second-order valence-electron chi connectivity index (χ2n) is 7.32. The summed E-state index contributed by atoms with van der Waals surface area (Å²) >= 11 is 6.72. The molecule has 174 valence electrons. The molecule has 2 aromatic rings. The quantitative estimate of drug-likeness (QED) is 0.255. The van der Waals surface area contributed by atoms with Gasteiger partial charge in [-0.1, -0.05) is 23.4 Å². The predicted molar refractivity (Wildman–Crippen MR) is 106 cm³/mol. The number of H-pyrrole nitrogens is 1. The lowest BCUT2D eigenvalue weighted by atomic mass is 9.98. The van der Waals surface area contributed by atoms with Crippen LogP contribution in [0.1, 0.15) is 12.8 Å². The second-order valence-corrected chi connectivity index (χ2v) is 8.48. The van der Waals surface area contributed by atoms with Crippen molar-refractivity contribution in [3.8, 4) is 5.88 Å². The smallest absolute Gasteiger partial charge is 0.427 e. The summed E-state index contributed by atoms with van der Waals surface area (Å²) in [5.41, 5.74) is -1.54. The maximum Gasteiger partial charge on any atom is 0.427 e. The van der Waals surface area contributed by atoms with Crippen LogP contribution in [0.5, 0.6) is 5.88 Å². The van der Waals surface area contributed by atoms with Gasteiger partial charge < -0.3 is 20.1 Å². The molecule has 2 aliphatic heterocycles. The lowest BCUT2D eigenvalue weighted by Gasteiger charge is -2.42. The number of amides is 1. The maximum absolute atomic E-state index is 14.5. The minimum Gasteiger partial charge on any atom is -0.465 e. The van der Waals surface area contributed by atoms with Crippen molar-refractivity contribution in [1.82, 2.24) is 25.2 Å². The molecule has 4 atom stereocenters. The molecule has 4 heterocycles. The number of piperazine rings is 1. The van der Waals surface area contributed by atoms with Crippen LogP contribution in [0.25, 0.3) is 10.9 Å². The summed E-state index contributed by atoms with van der Waals surface area (Å²) in [5.74, 6) is -2.02. The number of fused-ring (bicyclic) bond motifs is 3. The van der Waals surface area contributed by atoms with E-state index >= 15 is 0 Å². The fourth-order valence-electron chi connectivity index (χ4n) is 4.23. The fourth-order valence-corrected chi connectivity index (χ4v) is 4.77. The molecule has 2 aliphatic rings. The summed E-state index contributed by atoms with van der Waals surface area (Å²) in [6.45, 7) is 0.000971. The van der Waals surface area contributed by atoms with E-state index in [0.29, 0.717) is 6.42 Å². The summed E-state index contributed by atoms with van der Waals surface area (Å²) in [4.78, 5) is 34.8. The number of alkyl halides is 3. The largest absolute Gasteiger partial charge is 0.465 e. The molecule has 3 N–H and O–H groups in total. The van der Waals surface area contributed by atoms with E-state index in [4.69, 9.17) is 16.3 Å². The summed E-state index contributed by atoms with van der Waals surface area (Å²) < 4.78 is 61.9. The van der Waals surface area contributed by atoms with Crippen molar-refractivity contribution in [3.05, 3.63) is 21.3 Å². The summed E-state index contributed by atoms with van der Waals surface area (Å²) in [6.07, 6.45) is -6.75. The molecule has 0 spiro atoms. The molecule has 0 aliphatic carbocycles. The van der Waals surface area contributed by atoms with Gasteiger partial charge in [-0.15, -0.1) is 0 Å². The van der Waals surface area contributed by atoms with E-state index < -0.39 is 69.8 Å². The third kappa shape index (κ3) is 3.83. The Morgan fingerprint density at radius 1 is 1.38 bits per heavy atom. The van der Waals surface area contributed by atoms with E-state index in [0.717, 1.165) is 16.7 Å². The van der Waals surface area contributed by atoms with Crippen LogP contribution in [0.4, 0.5) is 22.4 Å². The van der Waals surface area contributed by atoms with Gasteiger partial charge in [-0.3, -0.25) is 9.69 Å². The van der Waals surface area contributed by atoms with E-state index in [1.54, 1.807) is 6.26 Å². The molecule has 0 saturated carbocycles. The molecule has 0 aromatic carbocycles. The standard InChI is InChI=1S/C17H16ClF4N5O4S/c1-32-15-24-10-7(13(28)26-15)14(25-12(18)8(10)19)31-11(17(20,21)22)9-6-3-2-5(4-23-9)27(6)16(29)30/h5-6,9,11,23H,2-4H2,1H3,(H,29,30)(H,24,26,28)/t5-,6+,9+,11?/m1/s1. The highest BCUT2D eigenvalue weighted by atomic mass is 35.5. The number of hydrogen-bond acceptors (Lipinski definition) is 7. The fraction of sp³-hybridized carbons (Fsp3) is 0.529. The number of pyridine rings is 1. The van der Waals surface area contributed by atoms with E-state index in [1.165, 1.54) is 0 Å². The Morgan fingerprint density at radius 2 is 2.09 bits per heavy atom. The molecule has 0 radical (unpaired) electrons. The third-order valence-corrected chi connectivity index (χ3v) is 6.38. The minimum absolute atomic E-state index is 0.000971. The van der Waals surface area contributed by atoms with Gasteiger partial charge in [0.25, 0.3) is 5.56 Å². The lowest BCUT2D eigenvalue weighted by Crippen LogP contribution is -2.66. The average molecular weight is 498 g/mol. The van der Waals surface area contributed by atoms with Crippen LogP contribution in [-0.4, -0.2) is 74.3 Å². The second kappa shape index (κ2) is 8.23. The zero-order valence-electron chi connectivity index (χ0n) is 16.2. The first-order valence-electron chi connectivity index (χ1n) is 9.34. The molecule has 32 heavy (non-hydrogen) atoms. The Balaban J connectivity index is 1.81. The van der Waals surface area contributed by atoms with Crippen molar-refractivity contribution >= 4 is 40.4 Å². The predicted octanol–water partition coefficient (Wildman–Crippen LogP) is 2.62. The molecular weight excluding hydrogens is 482 g/mol. The van der Waals surface area contributed by atoms with E-state index in [-0.39, 0.29) is 18.1 Å². The summed E-state index contributed by atoms with van der Waals surface area (Å²) in [6, 6.07) is -2.94. The number of aromatic nitrogens is 3. The average Bonchev–Trinajstić information content (AvgIpc) is 3.03. The minimum atomic E-state index is -4.98. The number of aromatic amines is 1. The first kappa shape index (κ1) is 22.9. The van der Waals surface area contributed by atoms with Crippen LogP contribution >= 0.6 is 23.4 Å². The van der Waals surface area contributed by atoms with E-state index in [1.807, 2.05) is 0 Å². The Labute approximate surface area is 186 Å². The lowest BCUT2D eigenvalue weighted by molar-refractivity contribution is -0.209. The monoisotopic (exact) mass is 497 g/mol. The van der Waals surface area contributed by atoms with Crippen LogP contribution in [0, 0.1) is 5.82 Å². The molecular formula is C17H16ClF4N5O4S. The third-order valence-electron chi connectivity index (χ3n) is 5.55. The Hall–Kier alpha value is -2.32. The molecule has 9 nitrogen and oxygen atoms in total. The number of carboxylic acid groups (broad SMARTS) is 1. The van der Waals surface area contributed by atoms with Crippen molar-refractivity contribution in [1.29, 1.82) is 0 Å². The topological polar surface area (TPSA) is 120 Å². The zero-order valence-corrected chi connectivity index (χ0v) is 17.8. The highest BCUT2D eigenvalue weighted by Crippen LogP contribution is 2.38. The Morgan fingerprint density at radius 3 is 2.72 bits per heavy atom. The molecule has 1 unspecified atom stereocenters. The molecule has 4 rings (SSSR count). The zero-order chi connectivity index (χ0) is 23.4. The number of rotatable bonds is 4. The number of ether oxygens (including phenoxy) is 1. The van der Waals surface area contributed by atoms with Crippen molar-refractivity contribution in [2.75, 3.05) is 12.8 Å². The number of hydrogen-bond donors (Lipinski definition) is 3. The van der Waals surface area contributed by atoms with Gasteiger partial charge in [0.05, 0.1) is 12.1 Å². The summed E-state index contributed by atoms with van der Waals surface area (Å²) in [7, 11) is 0. The van der Waals surface area contributed by atoms with Crippen molar-refractivity contribution in [2.45, 2.75) is 48.4 Å². The number of carbonyl (C=O) groups is 1. The van der Waals surface area contributed by atoms with Crippen molar-refractivity contribution in [3.63, 3.8) is 0 Å². The SMILES string of the molecule is CSc1nc2c(F)c(Cl)nc(OC([C@H]3NC[C@H]4CC[C@@H]3N4C(=O)O)C(F)(F)F)c2c(=O)[nH]1. The van der Waals surface area contributed by atoms with Crippen LogP contribution < -0.4 is 15.6 Å². The number of halogens is 5. The van der Waals surface area contributed by atoms with Gasteiger partial charge in [0.1, 0.15) is 10.9 Å². The van der Waals surface area contributed by atoms with Gasteiger partial charge >= 0.3 is 12.3 Å². The maximum atomic E-state index is 14.5. The molecule has 2 bridgehead atoms. The van der Waals surface area contributed by atoms with Gasteiger partial charge in [0, 0.05) is 12.6 Å². The van der Waals surface area contributed by atoms with E-state index in [2.05, 4.69) is 20.3 Å². The number of nitrogens with one attached hydrogen (secondary N) is 2. The molecule has 1 amide bonds. The van der Waals surface area contributed by atoms with Gasteiger partial charge in [0.15, 0.2) is 16.1 Å². The molecule has 2 aromatic heterocycles. The Kier molecular flexibility index (Phi) is 5.88. The van der Waals surface area contributed by atoms with Gasteiger partial charge in [-0.2, -0.15) is 18.2 Å². The van der Waals surface area contributed by atoms with Crippen LogP contribution in [0.15, 0.2) is 9.95 Å².